The van der Waals surface area contributed by atoms with E-state index in [-0.39, 0.29) is 24.7 Å². The van der Waals surface area contributed by atoms with Crippen LogP contribution in [0.5, 0.6) is 11.5 Å². The van der Waals surface area contributed by atoms with Crippen LogP contribution in [-0.4, -0.2) is 24.8 Å². The minimum atomic E-state index is -0.667. The van der Waals surface area contributed by atoms with Crippen molar-refractivity contribution in [2.45, 2.75) is 32.9 Å². The Morgan fingerprint density at radius 1 is 0.929 bits per heavy atom. The number of rotatable bonds is 6. The van der Waals surface area contributed by atoms with Crippen LogP contribution in [0.1, 0.15) is 32.4 Å². The Bertz CT molecular complexity index is 839. The summed E-state index contributed by atoms with van der Waals surface area (Å²) >= 11 is 0. The van der Waals surface area contributed by atoms with E-state index in [2.05, 4.69) is 16.0 Å². The standard InChI is InChI=1S/C21H25N3O4/c1-13(2)19(24-21(26)23-16-7-5-4-6-8-16)20(25)22-14(3)15-9-10-17-18(11-15)28-12-27-17/h4-11,13-14,19H,12H2,1-3H3,(H,22,25)(H2,23,24,26)/t14-,19-/m0/s1. The van der Waals surface area contributed by atoms with Gasteiger partial charge in [-0.25, -0.2) is 4.79 Å². The third kappa shape index (κ3) is 4.73. The lowest BCUT2D eigenvalue weighted by molar-refractivity contribution is -0.124. The average Bonchev–Trinajstić information content (AvgIpc) is 3.14. The van der Waals surface area contributed by atoms with Crippen LogP contribution >= 0.6 is 0 Å². The Balaban J connectivity index is 1.61. The molecule has 1 aliphatic heterocycles. The van der Waals surface area contributed by atoms with Gasteiger partial charge in [0.1, 0.15) is 6.04 Å². The fourth-order valence-corrected chi connectivity index (χ4v) is 2.93. The van der Waals surface area contributed by atoms with Crippen molar-refractivity contribution in [3.63, 3.8) is 0 Å². The lowest BCUT2D eigenvalue weighted by atomic mass is 10.0. The predicted octanol–water partition coefficient (Wildman–Crippen LogP) is 3.44. The maximum atomic E-state index is 12.8. The number of nitrogens with one attached hydrogen (secondary N) is 3. The average molecular weight is 383 g/mol. The Hall–Kier alpha value is -3.22. The number of ether oxygens (including phenoxy) is 2. The molecule has 0 spiro atoms. The molecule has 0 radical (unpaired) electrons. The van der Waals surface area contributed by atoms with E-state index in [4.69, 9.17) is 9.47 Å². The van der Waals surface area contributed by atoms with Gasteiger partial charge in [0.05, 0.1) is 6.04 Å². The van der Waals surface area contributed by atoms with Gasteiger partial charge in [-0.3, -0.25) is 4.79 Å². The monoisotopic (exact) mass is 383 g/mol. The number of amides is 3. The first-order valence-corrected chi connectivity index (χ1v) is 9.26. The van der Waals surface area contributed by atoms with E-state index in [9.17, 15) is 9.59 Å². The van der Waals surface area contributed by atoms with Gasteiger partial charge in [0.2, 0.25) is 12.7 Å². The summed E-state index contributed by atoms with van der Waals surface area (Å²) in [5.41, 5.74) is 1.56. The molecule has 28 heavy (non-hydrogen) atoms. The van der Waals surface area contributed by atoms with Crippen LogP contribution in [0, 0.1) is 5.92 Å². The van der Waals surface area contributed by atoms with Gasteiger partial charge in [0, 0.05) is 5.69 Å². The first-order valence-electron chi connectivity index (χ1n) is 9.26. The maximum absolute atomic E-state index is 12.8. The fraction of sp³-hybridized carbons (Fsp3) is 0.333. The molecule has 2 aromatic rings. The second-order valence-corrected chi connectivity index (χ2v) is 7.03. The summed E-state index contributed by atoms with van der Waals surface area (Å²) in [5.74, 6) is 1.04. The third-order valence-corrected chi connectivity index (χ3v) is 4.52. The molecule has 7 heteroatoms. The van der Waals surface area contributed by atoms with Crippen LogP contribution < -0.4 is 25.4 Å². The first kappa shape index (κ1) is 19.5. The molecule has 148 valence electrons. The predicted molar refractivity (Wildman–Crippen MR) is 106 cm³/mol. The Morgan fingerprint density at radius 2 is 1.64 bits per heavy atom. The number of para-hydroxylation sites is 1. The minimum absolute atomic E-state index is 0.0783. The van der Waals surface area contributed by atoms with E-state index in [0.717, 1.165) is 5.56 Å². The number of hydrogen-bond acceptors (Lipinski definition) is 4. The summed E-state index contributed by atoms with van der Waals surface area (Å²) in [5, 5.41) is 8.45. The molecule has 0 saturated carbocycles. The van der Waals surface area contributed by atoms with Crippen molar-refractivity contribution in [1.82, 2.24) is 10.6 Å². The highest BCUT2D eigenvalue weighted by Crippen LogP contribution is 2.34. The highest BCUT2D eigenvalue weighted by atomic mass is 16.7. The first-order chi connectivity index (χ1) is 13.4. The van der Waals surface area contributed by atoms with E-state index in [1.807, 2.05) is 57.2 Å². The topological polar surface area (TPSA) is 88.7 Å². The molecule has 1 heterocycles. The van der Waals surface area contributed by atoms with Crippen LogP contribution in [0.25, 0.3) is 0 Å². The van der Waals surface area contributed by atoms with E-state index in [1.54, 1.807) is 12.1 Å². The van der Waals surface area contributed by atoms with Gasteiger partial charge in [-0.15, -0.1) is 0 Å². The van der Waals surface area contributed by atoms with Crippen LogP contribution in [0.3, 0.4) is 0 Å². The Morgan fingerprint density at radius 3 is 2.36 bits per heavy atom. The molecule has 0 aromatic heterocycles. The van der Waals surface area contributed by atoms with Crippen LogP contribution in [0.4, 0.5) is 10.5 Å². The largest absolute Gasteiger partial charge is 0.454 e. The molecule has 0 aliphatic carbocycles. The van der Waals surface area contributed by atoms with Gasteiger partial charge in [0.15, 0.2) is 11.5 Å². The molecule has 0 fully saturated rings. The second kappa shape index (κ2) is 8.65. The molecular weight excluding hydrogens is 358 g/mol. The number of carbonyl (C=O) groups is 2. The zero-order valence-electron chi connectivity index (χ0n) is 16.2. The summed E-state index contributed by atoms with van der Waals surface area (Å²) in [6.07, 6.45) is 0. The molecule has 3 rings (SSSR count). The van der Waals surface area contributed by atoms with Gasteiger partial charge in [0.25, 0.3) is 0 Å². The van der Waals surface area contributed by atoms with Crippen molar-refractivity contribution in [3.8, 4) is 11.5 Å². The lowest BCUT2D eigenvalue weighted by Gasteiger charge is -2.24. The van der Waals surface area contributed by atoms with Crippen LogP contribution in [0.2, 0.25) is 0 Å². The highest BCUT2D eigenvalue weighted by molar-refractivity contribution is 5.93. The van der Waals surface area contributed by atoms with Crippen molar-refractivity contribution >= 4 is 17.6 Å². The second-order valence-electron chi connectivity index (χ2n) is 7.03. The summed E-state index contributed by atoms with van der Waals surface area (Å²) in [7, 11) is 0. The SMILES string of the molecule is CC(C)[C@H](NC(=O)Nc1ccccc1)C(=O)N[C@@H](C)c1ccc2c(c1)OCO2. The van der Waals surface area contributed by atoms with E-state index in [1.165, 1.54) is 0 Å². The van der Waals surface area contributed by atoms with Crippen LogP contribution in [0.15, 0.2) is 48.5 Å². The molecule has 3 amide bonds. The van der Waals surface area contributed by atoms with E-state index < -0.39 is 12.1 Å². The van der Waals surface area contributed by atoms with Crippen molar-refractivity contribution in [1.29, 1.82) is 0 Å². The third-order valence-electron chi connectivity index (χ3n) is 4.52. The van der Waals surface area contributed by atoms with Crippen molar-refractivity contribution in [3.05, 3.63) is 54.1 Å². The molecule has 2 aromatic carbocycles. The van der Waals surface area contributed by atoms with Crippen molar-refractivity contribution in [2.75, 3.05) is 12.1 Å². The number of benzene rings is 2. The van der Waals surface area contributed by atoms with E-state index >= 15 is 0 Å². The molecule has 0 bridgehead atoms. The Kier molecular flexibility index (Phi) is 6.03. The number of carbonyl (C=O) groups excluding carboxylic acids is 2. The molecule has 0 saturated heterocycles. The van der Waals surface area contributed by atoms with E-state index in [0.29, 0.717) is 17.2 Å². The number of anilines is 1. The quantitative estimate of drug-likeness (QED) is 0.713. The summed E-state index contributed by atoms with van der Waals surface area (Å²) < 4.78 is 10.7. The van der Waals surface area contributed by atoms with Gasteiger partial charge in [-0.1, -0.05) is 38.1 Å². The number of fused-ring (bicyclic) bond motifs is 1. The highest BCUT2D eigenvalue weighted by Gasteiger charge is 2.26. The summed E-state index contributed by atoms with van der Waals surface area (Å²) in [4.78, 5) is 25.1. The summed E-state index contributed by atoms with van der Waals surface area (Å²) in [6.45, 7) is 5.86. The number of hydrogen-bond donors (Lipinski definition) is 3. The molecule has 3 N–H and O–H groups in total. The smallest absolute Gasteiger partial charge is 0.319 e. The minimum Gasteiger partial charge on any atom is -0.454 e. The number of urea groups is 1. The van der Waals surface area contributed by atoms with Gasteiger partial charge in [-0.05, 0) is 42.7 Å². The normalized spacial score (nSPS) is 14.3. The fourth-order valence-electron chi connectivity index (χ4n) is 2.93. The van der Waals surface area contributed by atoms with Crippen molar-refractivity contribution < 1.29 is 19.1 Å². The Labute approximate surface area is 164 Å². The molecule has 2 atom stereocenters. The lowest BCUT2D eigenvalue weighted by Crippen LogP contribution is -2.51. The van der Waals surface area contributed by atoms with Crippen LogP contribution in [-0.2, 0) is 4.79 Å². The summed E-state index contributed by atoms with van der Waals surface area (Å²) in [6, 6.07) is 13.3. The zero-order valence-corrected chi connectivity index (χ0v) is 16.2. The molecule has 1 aliphatic rings. The zero-order chi connectivity index (χ0) is 20.1. The van der Waals surface area contributed by atoms with Crippen molar-refractivity contribution in [2.24, 2.45) is 5.92 Å². The molecule has 0 unspecified atom stereocenters. The van der Waals surface area contributed by atoms with Gasteiger partial charge in [-0.2, -0.15) is 0 Å². The molecular formula is C21H25N3O4. The maximum Gasteiger partial charge on any atom is 0.319 e. The van der Waals surface area contributed by atoms with Gasteiger partial charge >= 0.3 is 6.03 Å². The molecule has 7 nitrogen and oxygen atoms in total. The van der Waals surface area contributed by atoms with Gasteiger partial charge < -0.3 is 25.4 Å².